The van der Waals surface area contributed by atoms with E-state index in [0.717, 1.165) is 5.69 Å². The third kappa shape index (κ3) is 4.42. The summed E-state index contributed by atoms with van der Waals surface area (Å²) in [6, 6.07) is 6.27. The molecular weight excluding hydrogens is 312 g/mol. The normalized spacial score (nSPS) is 18.4. The van der Waals surface area contributed by atoms with Gasteiger partial charge in [0.2, 0.25) is 11.8 Å². The molecule has 1 fully saturated rings. The summed E-state index contributed by atoms with van der Waals surface area (Å²) < 4.78 is 0. The Morgan fingerprint density at radius 1 is 1.12 bits per heavy atom. The van der Waals surface area contributed by atoms with E-state index in [2.05, 4.69) is 51.2 Å². The molecule has 1 aromatic carbocycles. The number of carbonyl (C=O) groups is 2. The lowest BCUT2D eigenvalue weighted by Gasteiger charge is -2.27. The number of hydrogen-bond donors (Lipinski definition) is 1. The molecule has 25 heavy (non-hydrogen) atoms. The zero-order valence-electron chi connectivity index (χ0n) is 16.6. The fourth-order valence-corrected chi connectivity index (χ4v) is 3.39. The van der Waals surface area contributed by atoms with Crippen molar-refractivity contribution in [1.82, 2.24) is 5.32 Å². The number of rotatable bonds is 4. The van der Waals surface area contributed by atoms with Crippen LogP contribution in [0.3, 0.4) is 0 Å². The Labute approximate surface area is 152 Å². The molecule has 0 saturated carbocycles. The maximum Gasteiger partial charge on any atom is 0.227 e. The number of benzene rings is 1. The smallest absolute Gasteiger partial charge is 0.227 e. The van der Waals surface area contributed by atoms with E-state index in [1.165, 1.54) is 11.1 Å². The average molecular weight is 344 g/mol. The van der Waals surface area contributed by atoms with E-state index in [0.29, 0.717) is 18.4 Å². The second kappa shape index (κ2) is 7.19. The SMILES string of the molecule is CC(C)c1cccc(C(C)C)c1N1CC(C(=O)NC(C)(C)C)CC1=O. The molecule has 0 spiro atoms. The van der Waals surface area contributed by atoms with E-state index >= 15 is 0 Å². The van der Waals surface area contributed by atoms with Crippen molar-refractivity contribution < 1.29 is 9.59 Å². The van der Waals surface area contributed by atoms with Gasteiger partial charge in [0.05, 0.1) is 11.6 Å². The van der Waals surface area contributed by atoms with Crippen LogP contribution in [0.1, 0.15) is 77.8 Å². The molecule has 4 nitrogen and oxygen atoms in total. The molecule has 2 amide bonds. The summed E-state index contributed by atoms with van der Waals surface area (Å²) in [5.41, 5.74) is 3.09. The first kappa shape index (κ1) is 19.5. The lowest BCUT2D eigenvalue weighted by Crippen LogP contribution is -2.44. The molecule has 0 radical (unpaired) electrons. The standard InChI is InChI=1S/C21H32N2O2/c1-13(2)16-9-8-10-17(14(3)4)19(16)23-12-15(11-18(23)24)20(25)22-21(5,6)7/h8-10,13-15H,11-12H2,1-7H3,(H,22,25). The van der Waals surface area contributed by atoms with E-state index in [1.54, 1.807) is 0 Å². The summed E-state index contributed by atoms with van der Waals surface area (Å²) in [5.74, 6) is 0.375. The van der Waals surface area contributed by atoms with E-state index in [4.69, 9.17) is 0 Å². The van der Waals surface area contributed by atoms with Gasteiger partial charge >= 0.3 is 0 Å². The number of anilines is 1. The molecule has 138 valence electrons. The van der Waals surface area contributed by atoms with Crippen LogP contribution in [-0.2, 0) is 9.59 Å². The monoisotopic (exact) mass is 344 g/mol. The zero-order valence-corrected chi connectivity index (χ0v) is 16.6. The summed E-state index contributed by atoms with van der Waals surface area (Å²) in [6.45, 7) is 14.9. The van der Waals surface area contributed by atoms with Gasteiger partial charge in [-0.05, 0) is 43.7 Å². The maximum absolute atomic E-state index is 12.8. The number of para-hydroxylation sites is 1. The van der Waals surface area contributed by atoms with Crippen molar-refractivity contribution in [2.45, 2.75) is 72.3 Å². The lowest BCUT2D eigenvalue weighted by atomic mass is 9.92. The van der Waals surface area contributed by atoms with Crippen molar-refractivity contribution in [3.8, 4) is 0 Å². The first-order chi connectivity index (χ1) is 11.5. The Morgan fingerprint density at radius 2 is 1.64 bits per heavy atom. The molecule has 1 N–H and O–H groups in total. The fourth-order valence-electron chi connectivity index (χ4n) is 3.39. The molecule has 4 heteroatoms. The van der Waals surface area contributed by atoms with Crippen molar-refractivity contribution in [3.05, 3.63) is 29.3 Å². The van der Waals surface area contributed by atoms with Gasteiger partial charge in [-0.2, -0.15) is 0 Å². The second-order valence-corrected chi connectivity index (χ2v) is 8.74. The summed E-state index contributed by atoms with van der Waals surface area (Å²) in [5, 5.41) is 3.01. The van der Waals surface area contributed by atoms with E-state index < -0.39 is 0 Å². The Kier molecular flexibility index (Phi) is 5.60. The number of nitrogens with zero attached hydrogens (tertiary/aromatic N) is 1. The van der Waals surface area contributed by atoms with Crippen LogP contribution >= 0.6 is 0 Å². The highest BCUT2D eigenvalue weighted by Gasteiger charge is 2.38. The number of nitrogens with one attached hydrogen (secondary N) is 1. The van der Waals surface area contributed by atoms with Crippen molar-refractivity contribution in [3.63, 3.8) is 0 Å². The summed E-state index contributed by atoms with van der Waals surface area (Å²) in [7, 11) is 0. The first-order valence-corrected chi connectivity index (χ1v) is 9.26. The highest BCUT2D eigenvalue weighted by atomic mass is 16.2. The Bertz CT molecular complexity index is 630. The molecule has 1 heterocycles. The number of carbonyl (C=O) groups excluding carboxylic acids is 2. The van der Waals surface area contributed by atoms with E-state index in [9.17, 15) is 9.59 Å². The van der Waals surface area contributed by atoms with Crippen LogP contribution < -0.4 is 10.2 Å². The van der Waals surface area contributed by atoms with E-state index in [1.807, 2.05) is 25.7 Å². The molecule has 1 aliphatic rings. The molecule has 1 aromatic rings. The van der Waals surface area contributed by atoms with Crippen molar-refractivity contribution in [1.29, 1.82) is 0 Å². The second-order valence-electron chi connectivity index (χ2n) is 8.74. The van der Waals surface area contributed by atoms with Crippen LogP contribution in [0.15, 0.2) is 18.2 Å². The van der Waals surface area contributed by atoms with E-state index in [-0.39, 0.29) is 29.7 Å². The van der Waals surface area contributed by atoms with Crippen LogP contribution in [0.5, 0.6) is 0 Å². The third-order valence-corrected chi connectivity index (χ3v) is 4.61. The van der Waals surface area contributed by atoms with Crippen LogP contribution in [0, 0.1) is 5.92 Å². The number of amides is 2. The molecule has 1 aliphatic heterocycles. The van der Waals surface area contributed by atoms with Crippen LogP contribution in [0.4, 0.5) is 5.69 Å². The highest BCUT2D eigenvalue weighted by molar-refractivity contribution is 6.01. The maximum atomic E-state index is 12.8. The zero-order chi connectivity index (χ0) is 18.9. The van der Waals surface area contributed by atoms with Crippen LogP contribution in [0.2, 0.25) is 0 Å². The predicted molar refractivity (Wildman–Crippen MR) is 103 cm³/mol. The number of hydrogen-bond acceptors (Lipinski definition) is 2. The Morgan fingerprint density at radius 3 is 2.08 bits per heavy atom. The van der Waals surface area contributed by atoms with Gasteiger partial charge in [-0.25, -0.2) is 0 Å². The minimum atomic E-state index is -0.285. The third-order valence-electron chi connectivity index (χ3n) is 4.61. The van der Waals surface area contributed by atoms with Gasteiger partial charge in [0.15, 0.2) is 0 Å². The van der Waals surface area contributed by atoms with Crippen molar-refractivity contribution in [2.75, 3.05) is 11.4 Å². The van der Waals surface area contributed by atoms with Gasteiger partial charge in [-0.3, -0.25) is 9.59 Å². The minimum Gasteiger partial charge on any atom is -0.351 e. The lowest BCUT2D eigenvalue weighted by molar-refractivity contribution is -0.127. The van der Waals surface area contributed by atoms with Gasteiger partial charge in [0.25, 0.3) is 0 Å². The summed E-state index contributed by atoms with van der Waals surface area (Å²) in [6.07, 6.45) is 0.284. The molecule has 1 unspecified atom stereocenters. The molecule has 2 rings (SSSR count). The average Bonchev–Trinajstić information content (AvgIpc) is 2.86. The topological polar surface area (TPSA) is 49.4 Å². The fraction of sp³-hybridized carbons (Fsp3) is 0.619. The quantitative estimate of drug-likeness (QED) is 0.890. The highest BCUT2D eigenvalue weighted by Crippen LogP contribution is 2.38. The summed E-state index contributed by atoms with van der Waals surface area (Å²) in [4.78, 5) is 27.1. The largest absolute Gasteiger partial charge is 0.351 e. The molecule has 0 aromatic heterocycles. The van der Waals surface area contributed by atoms with Crippen molar-refractivity contribution >= 4 is 17.5 Å². The molecule has 1 saturated heterocycles. The van der Waals surface area contributed by atoms with Gasteiger partial charge in [-0.1, -0.05) is 45.9 Å². The first-order valence-electron chi connectivity index (χ1n) is 9.26. The minimum absolute atomic E-state index is 0.0310. The summed E-state index contributed by atoms with van der Waals surface area (Å²) >= 11 is 0. The van der Waals surface area contributed by atoms with Gasteiger partial charge in [0.1, 0.15) is 0 Å². The molecule has 0 bridgehead atoms. The Hall–Kier alpha value is -1.84. The Balaban J connectivity index is 2.36. The van der Waals surface area contributed by atoms with Gasteiger partial charge in [0, 0.05) is 18.5 Å². The molecule has 0 aliphatic carbocycles. The van der Waals surface area contributed by atoms with Crippen molar-refractivity contribution in [2.24, 2.45) is 5.92 Å². The molecule has 1 atom stereocenters. The predicted octanol–water partition coefficient (Wildman–Crippen LogP) is 4.20. The van der Waals surface area contributed by atoms with Crippen LogP contribution in [0.25, 0.3) is 0 Å². The van der Waals surface area contributed by atoms with Crippen LogP contribution in [-0.4, -0.2) is 23.9 Å². The molecular formula is C21H32N2O2. The van der Waals surface area contributed by atoms with Gasteiger partial charge in [-0.15, -0.1) is 0 Å². The van der Waals surface area contributed by atoms with Gasteiger partial charge < -0.3 is 10.2 Å².